The van der Waals surface area contributed by atoms with E-state index in [4.69, 9.17) is 4.52 Å². The standard InChI is InChI=1S/C17H17BrF2N2O3/c1-10-14(11(2)25-22-10)7-8-21-16(23)6-3-12-9-13(18)4-5-15(12)24-17(19)20/h3-6,9,17H,7-8H2,1-2H3,(H,21,23)/b6-3+. The van der Waals surface area contributed by atoms with Crippen LogP contribution in [0.3, 0.4) is 0 Å². The van der Waals surface area contributed by atoms with E-state index in [1.54, 1.807) is 12.1 Å². The third kappa shape index (κ3) is 5.67. The second-order valence-electron chi connectivity index (χ2n) is 5.24. The van der Waals surface area contributed by atoms with Crippen molar-refractivity contribution in [1.29, 1.82) is 0 Å². The van der Waals surface area contributed by atoms with Crippen molar-refractivity contribution < 1.29 is 22.8 Å². The highest BCUT2D eigenvalue weighted by molar-refractivity contribution is 9.10. The molecule has 0 aliphatic rings. The maximum absolute atomic E-state index is 12.4. The molecule has 0 aliphatic heterocycles. The third-order valence-electron chi connectivity index (χ3n) is 3.46. The molecule has 0 fully saturated rings. The smallest absolute Gasteiger partial charge is 0.387 e. The zero-order valence-corrected chi connectivity index (χ0v) is 15.3. The molecule has 5 nitrogen and oxygen atoms in total. The van der Waals surface area contributed by atoms with E-state index in [1.165, 1.54) is 18.2 Å². The summed E-state index contributed by atoms with van der Waals surface area (Å²) in [5, 5.41) is 6.57. The maximum atomic E-state index is 12.4. The van der Waals surface area contributed by atoms with E-state index in [1.807, 2.05) is 13.8 Å². The monoisotopic (exact) mass is 414 g/mol. The summed E-state index contributed by atoms with van der Waals surface area (Å²) in [5.41, 5.74) is 2.13. The van der Waals surface area contributed by atoms with Crippen LogP contribution in [0.1, 0.15) is 22.6 Å². The Morgan fingerprint density at radius 2 is 2.20 bits per heavy atom. The minimum atomic E-state index is -2.93. The molecule has 1 heterocycles. The van der Waals surface area contributed by atoms with E-state index in [9.17, 15) is 13.6 Å². The van der Waals surface area contributed by atoms with Crippen molar-refractivity contribution in [3.8, 4) is 5.75 Å². The average molecular weight is 415 g/mol. The van der Waals surface area contributed by atoms with E-state index in [-0.39, 0.29) is 11.7 Å². The molecule has 1 amide bonds. The molecule has 0 bridgehead atoms. The van der Waals surface area contributed by atoms with Crippen LogP contribution >= 0.6 is 15.9 Å². The van der Waals surface area contributed by atoms with Gasteiger partial charge in [-0.3, -0.25) is 4.79 Å². The lowest BCUT2D eigenvalue weighted by molar-refractivity contribution is -0.116. The van der Waals surface area contributed by atoms with Gasteiger partial charge in [0.1, 0.15) is 11.5 Å². The molecule has 0 unspecified atom stereocenters. The van der Waals surface area contributed by atoms with Crippen molar-refractivity contribution in [2.75, 3.05) is 6.54 Å². The fourth-order valence-corrected chi connectivity index (χ4v) is 2.63. The number of amides is 1. The maximum Gasteiger partial charge on any atom is 0.387 e. The molecule has 2 aromatic rings. The Hall–Kier alpha value is -2.22. The first-order valence-electron chi connectivity index (χ1n) is 7.49. The van der Waals surface area contributed by atoms with Crippen LogP contribution < -0.4 is 10.1 Å². The highest BCUT2D eigenvalue weighted by atomic mass is 79.9. The summed E-state index contributed by atoms with van der Waals surface area (Å²) in [6, 6.07) is 4.58. The van der Waals surface area contributed by atoms with E-state index in [0.717, 1.165) is 17.0 Å². The van der Waals surface area contributed by atoms with Gasteiger partial charge in [0.15, 0.2) is 0 Å². The summed E-state index contributed by atoms with van der Waals surface area (Å²) in [5.74, 6) is 0.387. The number of hydrogen-bond donors (Lipinski definition) is 1. The van der Waals surface area contributed by atoms with Gasteiger partial charge >= 0.3 is 6.61 Å². The Bertz CT molecular complexity index is 756. The van der Waals surface area contributed by atoms with Crippen molar-refractivity contribution in [3.63, 3.8) is 0 Å². The summed E-state index contributed by atoms with van der Waals surface area (Å²) in [4.78, 5) is 11.9. The van der Waals surface area contributed by atoms with Crippen LogP contribution in [0.5, 0.6) is 5.75 Å². The zero-order chi connectivity index (χ0) is 18.4. The number of rotatable bonds is 7. The van der Waals surface area contributed by atoms with Crippen LogP contribution in [-0.2, 0) is 11.2 Å². The molecular formula is C17H17BrF2N2O3. The molecule has 2 rings (SSSR count). The lowest BCUT2D eigenvalue weighted by atomic mass is 10.1. The van der Waals surface area contributed by atoms with Gasteiger partial charge in [0, 0.05) is 28.2 Å². The van der Waals surface area contributed by atoms with Crippen LogP contribution in [0.4, 0.5) is 8.78 Å². The summed E-state index contributed by atoms with van der Waals surface area (Å²) >= 11 is 3.25. The van der Waals surface area contributed by atoms with Crippen LogP contribution in [0.25, 0.3) is 6.08 Å². The second kappa shape index (κ2) is 8.75. The minimum absolute atomic E-state index is 0.00188. The van der Waals surface area contributed by atoms with E-state index >= 15 is 0 Å². The van der Waals surface area contributed by atoms with Crippen LogP contribution in [0.15, 0.2) is 33.3 Å². The normalized spacial score (nSPS) is 11.3. The predicted octanol–water partition coefficient (Wildman–Crippen LogP) is 4.03. The van der Waals surface area contributed by atoms with Gasteiger partial charge in [0.05, 0.1) is 5.69 Å². The van der Waals surface area contributed by atoms with Crippen molar-refractivity contribution in [1.82, 2.24) is 10.5 Å². The Kier molecular flexibility index (Phi) is 6.69. The topological polar surface area (TPSA) is 64.4 Å². The van der Waals surface area contributed by atoms with Gasteiger partial charge in [0.2, 0.25) is 5.91 Å². The zero-order valence-electron chi connectivity index (χ0n) is 13.7. The van der Waals surface area contributed by atoms with Gasteiger partial charge in [-0.15, -0.1) is 0 Å². The number of hydrogen-bond acceptors (Lipinski definition) is 4. The molecule has 0 radical (unpaired) electrons. The molecule has 8 heteroatoms. The highest BCUT2D eigenvalue weighted by Gasteiger charge is 2.10. The van der Waals surface area contributed by atoms with Crippen molar-refractivity contribution in [2.24, 2.45) is 0 Å². The third-order valence-corrected chi connectivity index (χ3v) is 3.95. The number of carbonyl (C=O) groups is 1. The minimum Gasteiger partial charge on any atom is -0.434 e. The van der Waals surface area contributed by atoms with Crippen molar-refractivity contribution in [3.05, 3.63) is 51.3 Å². The number of halogens is 3. The van der Waals surface area contributed by atoms with Gasteiger partial charge in [-0.2, -0.15) is 8.78 Å². The SMILES string of the molecule is Cc1noc(C)c1CCNC(=O)/C=C/c1cc(Br)ccc1OC(F)F. The first-order chi connectivity index (χ1) is 11.9. The molecule has 0 saturated carbocycles. The number of alkyl halides is 2. The fourth-order valence-electron chi connectivity index (χ4n) is 2.25. The summed E-state index contributed by atoms with van der Waals surface area (Å²) in [7, 11) is 0. The number of benzene rings is 1. The van der Waals surface area contributed by atoms with Gasteiger partial charge < -0.3 is 14.6 Å². The van der Waals surface area contributed by atoms with Crippen molar-refractivity contribution in [2.45, 2.75) is 26.9 Å². The first kappa shape index (κ1) is 19.1. The lowest BCUT2D eigenvalue weighted by Crippen LogP contribution is -2.23. The van der Waals surface area contributed by atoms with Gasteiger partial charge in [-0.1, -0.05) is 21.1 Å². The second-order valence-corrected chi connectivity index (χ2v) is 6.15. The summed E-state index contributed by atoms with van der Waals surface area (Å²) < 4.78 is 35.0. The Morgan fingerprint density at radius 3 is 2.84 bits per heavy atom. The van der Waals surface area contributed by atoms with Gasteiger partial charge in [-0.05, 0) is 44.5 Å². The van der Waals surface area contributed by atoms with E-state index in [0.29, 0.717) is 23.0 Å². The first-order valence-corrected chi connectivity index (χ1v) is 8.28. The number of nitrogens with one attached hydrogen (secondary N) is 1. The predicted molar refractivity (Wildman–Crippen MR) is 92.5 cm³/mol. The molecule has 1 aromatic heterocycles. The van der Waals surface area contributed by atoms with Crippen molar-refractivity contribution >= 4 is 27.9 Å². The highest BCUT2D eigenvalue weighted by Crippen LogP contribution is 2.25. The Balaban J connectivity index is 1.95. The number of aryl methyl sites for hydroxylation is 2. The molecule has 134 valence electrons. The van der Waals surface area contributed by atoms with E-state index < -0.39 is 6.61 Å². The average Bonchev–Trinajstić information content (AvgIpc) is 2.86. The number of nitrogens with zero attached hydrogens (tertiary/aromatic N) is 1. The van der Waals surface area contributed by atoms with Crippen LogP contribution in [-0.4, -0.2) is 24.2 Å². The molecular weight excluding hydrogens is 398 g/mol. The molecule has 0 atom stereocenters. The Labute approximate surface area is 152 Å². The molecule has 25 heavy (non-hydrogen) atoms. The molecule has 1 N–H and O–H groups in total. The molecule has 1 aromatic carbocycles. The summed E-state index contributed by atoms with van der Waals surface area (Å²) in [6.45, 7) is 1.13. The molecule has 0 spiro atoms. The molecule has 0 saturated heterocycles. The van der Waals surface area contributed by atoms with Gasteiger partial charge in [-0.25, -0.2) is 0 Å². The quantitative estimate of drug-likeness (QED) is 0.694. The molecule has 0 aliphatic carbocycles. The number of aromatic nitrogens is 1. The van der Waals surface area contributed by atoms with Gasteiger partial charge in [0.25, 0.3) is 0 Å². The van der Waals surface area contributed by atoms with Crippen LogP contribution in [0, 0.1) is 13.8 Å². The van der Waals surface area contributed by atoms with Crippen LogP contribution in [0.2, 0.25) is 0 Å². The number of carbonyl (C=O) groups excluding carboxylic acids is 1. The van der Waals surface area contributed by atoms with E-state index in [2.05, 4.69) is 31.1 Å². The fraction of sp³-hybridized carbons (Fsp3) is 0.294. The Morgan fingerprint density at radius 1 is 1.44 bits per heavy atom. The lowest BCUT2D eigenvalue weighted by Gasteiger charge is -2.08. The largest absolute Gasteiger partial charge is 0.434 e. The number of ether oxygens (including phenoxy) is 1. The summed E-state index contributed by atoms with van der Waals surface area (Å²) in [6.07, 6.45) is 3.29.